The van der Waals surface area contributed by atoms with Gasteiger partial charge in [-0.15, -0.1) is 0 Å². The summed E-state index contributed by atoms with van der Waals surface area (Å²) in [6.45, 7) is 9.77. The molecular formula is C16H27NO. The van der Waals surface area contributed by atoms with Crippen LogP contribution in [0.15, 0.2) is 24.3 Å². The van der Waals surface area contributed by atoms with Gasteiger partial charge in [-0.05, 0) is 63.4 Å². The molecule has 0 saturated carbocycles. The third-order valence-electron chi connectivity index (χ3n) is 3.04. The Kier molecular flexibility index (Phi) is 5.67. The minimum Gasteiger partial charge on any atom is -0.491 e. The second kappa shape index (κ2) is 6.79. The lowest BCUT2D eigenvalue weighted by atomic mass is 9.86. The second-order valence-electron chi connectivity index (χ2n) is 6.01. The molecule has 0 bridgehead atoms. The molecule has 1 N–H and O–H groups in total. The summed E-state index contributed by atoms with van der Waals surface area (Å²) in [4.78, 5) is 0. The summed E-state index contributed by atoms with van der Waals surface area (Å²) in [5.41, 5.74) is 1.73. The van der Waals surface area contributed by atoms with Crippen molar-refractivity contribution in [3.05, 3.63) is 29.8 Å². The van der Waals surface area contributed by atoms with Gasteiger partial charge in [0.2, 0.25) is 0 Å². The van der Waals surface area contributed by atoms with Crippen molar-refractivity contribution in [1.29, 1.82) is 0 Å². The second-order valence-corrected chi connectivity index (χ2v) is 6.01. The Labute approximate surface area is 112 Å². The van der Waals surface area contributed by atoms with E-state index < -0.39 is 0 Å². The molecule has 0 unspecified atom stereocenters. The number of benzene rings is 1. The molecule has 0 aliphatic heterocycles. The number of ether oxygens (including phenoxy) is 1. The van der Waals surface area contributed by atoms with Gasteiger partial charge in [-0.3, -0.25) is 0 Å². The van der Waals surface area contributed by atoms with Crippen molar-refractivity contribution < 1.29 is 4.74 Å². The molecule has 1 aromatic rings. The molecule has 102 valence electrons. The summed E-state index contributed by atoms with van der Waals surface area (Å²) in [6.07, 6.45) is 2.56. The summed E-state index contributed by atoms with van der Waals surface area (Å²) >= 11 is 0. The van der Waals surface area contributed by atoms with E-state index in [1.54, 1.807) is 0 Å². The Morgan fingerprint density at radius 3 is 2.28 bits per heavy atom. The first-order chi connectivity index (χ1) is 8.43. The molecule has 2 heteroatoms. The maximum absolute atomic E-state index is 5.64. The minimum atomic E-state index is 0.241. The van der Waals surface area contributed by atoms with E-state index in [1.165, 1.54) is 12.0 Å². The molecule has 0 radical (unpaired) electrons. The highest BCUT2D eigenvalue weighted by Gasteiger charge is 2.16. The van der Waals surface area contributed by atoms with Gasteiger partial charge in [-0.2, -0.15) is 0 Å². The number of hydrogen-bond donors (Lipinski definition) is 1. The topological polar surface area (TPSA) is 21.3 Å². The molecule has 0 heterocycles. The van der Waals surface area contributed by atoms with Crippen LogP contribution in [0.25, 0.3) is 0 Å². The lowest BCUT2D eigenvalue weighted by Crippen LogP contribution is -2.27. The first-order valence-corrected chi connectivity index (χ1v) is 6.83. The van der Waals surface area contributed by atoms with Crippen LogP contribution in [-0.2, 0) is 6.42 Å². The van der Waals surface area contributed by atoms with Crippen LogP contribution >= 0.6 is 0 Å². The molecule has 0 aliphatic carbocycles. The SMILES string of the molecule is CNCC(C)(C)CCc1ccc(OC(C)C)cc1. The highest BCUT2D eigenvalue weighted by Crippen LogP contribution is 2.23. The van der Waals surface area contributed by atoms with Gasteiger partial charge >= 0.3 is 0 Å². The van der Waals surface area contributed by atoms with Crippen LogP contribution in [0.5, 0.6) is 5.75 Å². The van der Waals surface area contributed by atoms with Crippen molar-refractivity contribution in [3.63, 3.8) is 0 Å². The molecule has 0 amide bonds. The van der Waals surface area contributed by atoms with E-state index in [9.17, 15) is 0 Å². The fourth-order valence-corrected chi connectivity index (χ4v) is 2.06. The van der Waals surface area contributed by atoms with Crippen LogP contribution in [0.3, 0.4) is 0 Å². The Morgan fingerprint density at radius 2 is 1.78 bits per heavy atom. The highest BCUT2D eigenvalue weighted by atomic mass is 16.5. The molecule has 0 aliphatic rings. The van der Waals surface area contributed by atoms with Crippen LogP contribution < -0.4 is 10.1 Å². The van der Waals surface area contributed by atoms with Crippen LogP contribution in [-0.4, -0.2) is 19.7 Å². The van der Waals surface area contributed by atoms with E-state index in [1.807, 2.05) is 20.9 Å². The average Bonchev–Trinajstić information content (AvgIpc) is 2.27. The Balaban J connectivity index is 2.48. The lowest BCUT2D eigenvalue weighted by molar-refractivity contribution is 0.242. The fourth-order valence-electron chi connectivity index (χ4n) is 2.06. The van der Waals surface area contributed by atoms with Crippen molar-refractivity contribution in [2.24, 2.45) is 5.41 Å². The zero-order valence-electron chi connectivity index (χ0n) is 12.4. The van der Waals surface area contributed by atoms with E-state index in [-0.39, 0.29) is 6.10 Å². The van der Waals surface area contributed by atoms with Crippen molar-refractivity contribution in [1.82, 2.24) is 5.32 Å². The van der Waals surface area contributed by atoms with Gasteiger partial charge in [0, 0.05) is 0 Å². The zero-order valence-corrected chi connectivity index (χ0v) is 12.4. The van der Waals surface area contributed by atoms with Crippen molar-refractivity contribution in [3.8, 4) is 5.75 Å². The molecule has 18 heavy (non-hydrogen) atoms. The first kappa shape index (κ1) is 15.0. The standard InChI is InChI=1S/C16H27NO/c1-13(2)18-15-8-6-14(7-9-15)10-11-16(3,4)12-17-5/h6-9,13,17H,10-12H2,1-5H3. The summed E-state index contributed by atoms with van der Waals surface area (Å²) in [5, 5.41) is 3.25. The molecular weight excluding hydrogens is 222 g/mol. The van der Waals surface area contributed by atoms with Crippen LogP contribution in [0.1, 0.15) is 39.7 Å². The summed E-state index contributed by atoms with van der Waals surface area (Å²) in [6, 6.07) is 8.49. The monoisotopic (exact) mass is 249 g/mol. The quantitative estimate of drug-likeness (QED) is 0.796. The molecule has 1 aromatic carbocycles. The van der Waals surface area contributed by atoms with Crippen molar-refractivity contribution >= 4 is 0 Å². The molecule has 0 spiro atoms. The van der Waals surface area contributed by atoms with E-state index in [0.29, 0.717) is 5.41 Å². The molecule has 2 nitrogen and oxygen atoms in total. The predicted molar refractivity (Wildman–Crippen MR) is 78.2 cm³/mol. The molecule has 0 atom stereocenters. The molecule has 0 fully saturated rings. The highest BCUT2D eigenvalue weighted by molar-refractivity contribution is 5.27. The number of aryl methyl sites for hydroxylation is 1. The van der Waals surface area contributed by atoms with Gasteiger partial charge in [0.25, 0.3) is 0 Å². The third-order valence-corrected chi connectivity index (χ3v) is 3.04. The smallest absolute Gasteiger partial charge is 0.119 e. The predicted octanol–water partition coefficient (Wildman–Crippen LogP) is 3.65. The van der Waals surface area contributed by atoms with Crippen LogP contribution in [0, 0.1) is 5.41 Å². The fraction of sp³-hybridized carbons (Fsp3) is 0.625. The summed E-state index contributed by atoms with van der Waals surface area (Å²) < 4.78 is 5.64. The first-order valence-electron chi connectivity index (χ1n) is 6.83. The largest absolute Gasteiger partial charge is 0.491 e. The minimum absolute atomic E-state index is 0.241. The van der Waals surface area contributed by atoms with Crippen LogP contribution in [0.2, 0.25) is 0 Å². The van der Waals surface area contributed by atoms with Gasteiger partial charge in [-0.1, -0.05) is 26.0 Å². The Hall–Kier alpha value is -1.02. The normalized spacial score (nSPS) is 11.9. The van der Waals surface area contributed by atoms with Crippen molar-refractivity contribution in [2.75, 3.05) is 13.6 Å². The van der Waals surface area contributed by atoms with Gasteiger partial charge in [-0.25, -0.2) is 0 Å². The van der Waals surface area contributed by atoms with E-state index in [0.717, 1.165) is 18.7 Å². The molecule has 0 aromatic heterocycles. The molecule has 0 saturated heterocycles. The number of hydrogen-bond acceptors (Lipinski definition) is 2. The Bertz CT molecular complexity index is 341. The van der Waals surface area contributed by atoms with E-state index in [4.69, 9.17) is 4.74 Å². The number of rotatable bonds is 7. The van der Waals surface area contributed by atoms with E-state index >= 15 is 0 Å². The summed E-state index contributed by atoms with van der Waals surface area (Å²) in [5.74, 6) is 0.961. The molecule has 1 rings (SSSR count). The summed E-state index contributed by atoms with van der Waals surface area (Å²) in [7, 11) is 2.01. The zero-order chi connectivity index (χ0) is 13.6. The third kappa shape index (κ3) is 5.54. The van der Waals surface area contributed by atoms with Crippen LogP contribution in [0.4, 0.5) is 0 Å². The number of nitrogens with one attached hydrogen (secondary N) is 1. The van der Waals surface area contributed by atoms with Gasteiger partial charge < -0.3 is 10.1 Å². The average molecular weight is 249 g/mol. The Morgan fingerprint density at radius 1 is 1.17 bits per heavy atom. The lowest BCUT2D eigenvalue weighted by Gasteiger charge is -2.24. The van der Waals surface area contributed by atoms with Gasteiger partial charge in [0.1, 0.15) is 5.75 Å². The van der Waals surface area contributed by atoms with Crippen molar-refractivity contribution in [2.45, 2.75) is 46.6 Å². The van der Waals surface area contributed by atoms with E-state index in [2.05, 4.69) is 43.4 Å². The van der Waals surface area contributed by atoms with Gasteiger partial charge in [0.05, 0.1) is 6.10 Å². The van der Waals surface area contributed by atoms with Gasteiger partial charge in [0.15, 0.2) is 0 Å². The maximum Gasteiger partial charge on any atom is 0.119 e. The maximum atomic E-state index is 5.64.